The first-order valence-electron chi connectivity index (χ1n) is 8.35. The van der Waals surface area contributed by atoms with Gasteiger partial charge in [0, 0.05) is 10.0 Å². The molecule has 0 spiro atoms. The molecule has 0 aliphatic carbocycles. The lowest BCUT2D eigenvalue weighted by Crippen LogP contribution is -2.15. The molecule has 0 atom stereocenters. The summed E-state index contributed by atoms with van der Waals surface area (Å²) < 4.78 is 30.2. The van der Waals surface area contributed by atoms with Gasteiger partial charge in [0.05, 0.1) is 28.6 Å². The molecule has 148 valence electrons. The van der Waals surface area contributed by atoms with E-state index in [9.17, 15) is 8.42 Å². The number of hydrogen-bond acceptors (Lipinski definition) is 3. The van der Waals surface area contributed by atoms with E-state index in [1.54, 1.807) is 30.7 Å². The molecule has 9 heteroatoms. The van der Waals surface area contributed by atoms with Crippen molar-refractivity contribution in [3.63, 3.8) is 0 Å². The summed E-state index contributed by atoms with van der Waals surface area (Å²) in [6, 6.07) is 10.3. The summed E-state index contributed by atoms with van der Waals surface area (Å²) in [7, 11) is -3.90. The number of nitrogens with zero attached hydrogens (tertiary/aromatic N) is 2. The van der Waals surface area contributed by atoms with Gasteiger partial charge in [-0.05, 0) is 56.2 Å². The van der Waals surface area contributed by atoms with Gasteiger partial charge in [0.2, 0.25) is 0 Å². The van der Waals surface area contributed by atoms with Gasteiger partial charge in [0.15, 0.2) is 0 Å². The van der Waals surface area contributed by atoms with Crippen LogP contribution in [-0.4, -0.2) is 18.2 Å². The maximum absolute atomic E-state index is 12.9. The van der Waals surface area contributed by atoms with Crippen molar-refractivity contribution in [1.82, 2.24) is 9.78 Å². The molecule has 1 heterocycles. The summed E-state index contributed by atoms with van der Waals surface area (Å²) in [6.07, 6.45) is 0. The minimum absolute atomic E-state index is 0.0275. The Kier molecular flexibility index (Phi) is 5.96. The third-order valence-corrected chi connectivity index (χ3v) is 6.84. The van der Waals surface area contributed by atoms with Crippen LogP contribution in [0.5, 0.6) is 0 Å². The van der Waals surface area contributed by atoms with Crippen LogP contribution in [0.3, 0.4) is 0 Å². The lowest BCUT2D eigenvalue weighted by atomic mass is 10.2. The maximum atomic E-state index is 12.9. The molecule has 0 fully saturated rings. The first-order valence-corrected chi connectivity index (χ1v) is 11.0. The zero-order valence-corrected chi connectivity index (χ0v) is 18.5. The van der Waals surface area contributed by atoms with E-state index < -0.39 is 10.0 Å². The van der Waals surface area contributed by atoms with E-state index in [0.29, 0.717) is 39.2 Å². The molecule has 0 radical (unpaired) electrons. The van der Waals surface area contributed by atoms with Crippen molar-refractivity contribution in [2.75, 3.05) is 4.72 Å². The van der Waals surface area contributed by atoms with Gasteiger partial charge in [-0.1, -0.05) is 46.9 Å². The average molecular weight is 459 g/mol. The topological polar surface area (TPSA) is 64.0 Å². The van der Waals surface area contributed by atoms with E-state index in [2.05, 4.69) is 9.82 Å². The number of hydrogen-bond donors (Lipinski definition) is 1. The van der Waals surface area contributed by atoms with Crippen LogP contribution in [0.4, 0.5) is 5.69 Å². The van der Waals surface area contributed by atoms with E-state index in [1.807, 2.05) is 19.1 Å². The summed E-state index contributed by atoms with van der Waals surface area (Å²) >= 11 is 18.1. The van der Waals surface area contributed by atoms with Crippen LogP contribution < -0.4 is 4.72 Å². The van der Waals surface area contributed by atoms with Crippen molar-refractivity contribution in [2.24, 2.45) is 0 Å². The van der Waals surface area contributed by atoms with E-state index in [-0.39, 0.29) is 9.92 Å². The number of halogens is 3. The average Bonchev–Trinajstić information content (AvgIpc) is 2.87. The predicted molar refractivity (Wildman–Crippen MR) is 114 cm³/mol. The van der Waals surface area contributed by atoms with Crippen LogP contribution in [0.2, 0.25) is 15.1 Å². The zero-order valence-electron chi connectivity index (χ0n) is 15.4. The van der Waals surface area contributed by atoms with Gasteiger partial charge in [0.1, 0.15) is 4.90 Å². The highest BCUT2D eigenvalue weighted by molar-refractivity contribution is 7.92. The lowest BCUT2D eigenvalue weighted by molar-refractivity contribution is 0.601. The molecule has 2 aromatic carbocycles. The number of rotatable bonds is 5. The molecule has 0 bridgehead atoms. The summed E-state index contributed by atoms with van der Waals surface area (Å²) in [6.45, 7) is 5.77. The second-order valence-corrected chi connectivity index (χ2v) is 9.37. The van der Waals surface area contributed by atoms with Gasteiger partial charge in [-0.3, -0.25) is 9.40 Å². The van der Waals surface area contributed by atoms with Crippen molar-refractivity contribution >= 4 is 50.5 Å². The second kappa shape index (κ2) is 7.95. The van der Waals surface area contributed by atoms with Gasteiger partial charge < -0.3 is 0 Å². The Morgan fingerprint density at radius 2 is 1.64 bits per heavy atom. The molecule has 28 heavy (non-hydrogen) atoms. The summed E-state index contributed by atoms with van der Waals surface area (Å²) in [5.41, 5.74) is 3.31. The zero-order chi connectivity index (χ0) is 20.6. The fourth-order valence-electron chi connectivity index (χ4n) is 2.79. The lowest BCUT2D eigenvalue weighted by Gasteiger charge is -2.12. The number of nitrogens with one attached hydrogen (secondary N) is 1. The second-order valence-electron chi connectivity index (χ2n) is 6.47. The van der Waals surface area contributed by atoms with Gasteiger partial charge in [-0.15, -0.1) is 0 Å². The molecule has 5 nitrogen and oxygen atoms in total. The highest BCUT2D eigenvalue weighted by atomic mass is 35.5. The van der Waals surface area contributed by atoms with Crippen LogP contribution >= 0.6 is 34.8 Å². The van der Waals surface area contributed by atoms with Crippen molar-refractivity contribution in [1.29, 1.82) is 0 Å². The molecule has 0 saturated carbocycles. The minimum Gasteiger partial charge on any atom is -0.276 e. The van der Waals surface area contributed by atoms with Crippen molar-refractivity contribution in [3.05, 3.63) is 74.0 Å². The van der Waals surface area contributed by atoms with E-state index in [4.69, 9.17) is 34.8 Å². The SMILES string of the molecule is Cc1cc(S(=O)(=O)Nc2c(C)nn(Cc3ccc(Cl)cc3)c2C)c(Cl)cc1Cl. The normalized spacial score (nSPS) is 11.6. The Morgan fingerprint density at radius 3 is 2.29 bits per heavy atom. The third-order valence-electron chi connectivity index (χ3n) is 4.37. The molecular formula is C19H18Cl3N3O2S. The summed E-state index contributed by atoms with van der Waals surface area (Å²) in [4.78, 5) is -0.0275. The smallest absolute Gasteiger partial charge is 0.263 e. The summed E-state index contributed by atoms with van der Waals surface area (Å²) in [5, 5.41) is 5.59. The number of sulfonamides is 1. The summed E-state index contributed by atoms with van der Waals surface area (Å²) in [5.74, 6) is 0. The molecule has 0 aliphatic rings. The molecule has 1 N–H and O–H groups in total. The highest BCUT2D eigenvalue weighted by Crippen LogP contribution is 2.31. The molecule has 0 aliphatic heterocycles. The van der Waals surface area contributed by atoms with Crippen LogP contribution in [0.1, 0.15) is 22.5 Å². The molecule has 3 rings (SSSR count). The Hall–Kier alpha value is -1.73. The Morgan fingerprint density at radius 1 is 1.00 bits per heavy atom. The molecule has 0 saturated heterocycles. The fraction of sp³-hybridized carbons (Fsp3) is 0.211. The quantitative estimate of drug-likeness (QED) is 0.540. The molecule has 0 amide bonds. The fourth-order valence-corrected chi connectivity index (χ4v) is 4.92. The van der Waals surface area contributed by atoms with Gasteiger partial charge in [-0.2, -0.15) is 5.10 Å². The largest absolute Gasteiger partial charge is 0.276 e. The number of aryl methyl sites for hydroxylation is 2. The van der Waals surface area contributed by atoms with Gasteiger partial charge in [0.25, 0.3) is 10.0 Å². The third kappa shape index (κ3) is 4.30. The van der Waals surface area contributed by atoms with E-state index >= 15 is 0 Å². The first kappa shape index (κ1) is 21.0. The monoisotopic (exact) mass is 457 g/mol. The van der Waals surface area contributed by atoms with E-state index in [1.165, 1.54) is 12.1 Å². The minimum atomic E-state index is -3.90. The predicted octanol–water partition coefficient (Wildman–Crippen LogP) is 5.62. The van der Waals surface area contributed by atoms with Crippen LogP contribution in [0.15, 0.2) is 41.3 Å². The standard InChI is InChI=1S/C19H18Cl3N3O2S/c1-11-8-18(17(22)9-16(11)21)28(26,27)24-19-12(2)23-25(13(19)3)10-14-4-6-15(20)7-5-14/h4-9,24H,10H2,1-3H3. The Bertz CT molecular complexity index is 1140. The van der Waals surface area contributed by atoms with Crippen LogP contribution in [0, 0.1) is 20.8 Å². The number of anilines is 1. The number of aromatic nitrogens is 2. The maximum Gasteiger partial charge on any atom is 0.263 e. The van der Waals surface area contributed by atoms with Crippen molar-refractivity contribution in [2.45, 2.75) is 32.2 Å². The van der Waals surface area contributed by atoms with Crippen LogP contribution in [0.25, 0.3) is 0 Å². The highest BCUT2D eigenvalue weighted by Gasteiger charge is 2.23. The first-order chi connectivity index (χ1) is 13.1. The van der Waals surface area contributed by atoms with Gasteiger partial charge in [-0.25, -0.2) is 8.42 Å². The Labute approximate surface area is 179 Å². The Balaban J connectivity index is 1.93. The molecular weight excluding hydrogens is 441 g/mol. The molecule has 3 aromatic rings. The molecule has 1 aromatic heterocycles. The van der Waals surface area contributed by atoms with Crippen LogP contribution in [-0.2, 0) is 16.6 Å². The van der Waals surface area contributed by atoms with E-state index in [0.717, 1.165) is 5.56 Å². The number of benzene rings is 2. The van der Waals surface area contributed by atoms with Gasteiger partial charge >= 0.3 is 0 Å². The van der Waals surface area contributed by atoms with Crippen molar-refractivity contribution in [3.8, 4) is 0 Å². The molecule has 0 unspecified atom stereocenters. The van der Waals surface area contributed by atoms with Crippen molar-refractivity contribution < 1.29 is 8.42 Å².